The van der Waals surface area contributed by atoms with Crippen molar-refractivity contribution in [1.29, 1.82) is 0 Å². The average Bonchev–Trinajstić information content (AvgIpc) is 2.95. The van der Waals surface area contributed by atoms with E-state index in [1.807, 2.05) is 49.4 Å². The predicted molar refractivity (Wildman–Crippen MR) is 165 cm³/mol. The molecule has 1 aliphatic heterocycles. The second-order valence-corrected chi connectivity index (χ2v) is 13.6. The zero-order chi connectivity index (χ0) is 29.0. The third-order valence-corrected chi connectivity index (χ3v) is 10.2. The first-order chi connectivity index (χ1) is 20.3. The van der Waals surface area contributed by atoms with E-state index in [1.54, 1.807) is 12.1 Å². The van der Waals surface area contributed by atoms with Crippen LogP contribution in [-0.4, -0.2) is 17.8 Å². The number of hydrogen-bond donors (Lipinski definition) is 1. The first-order valence-corrected chi connectivity index (χ1v) is 15.6. The number of hydrogen-bond acceptors (Lipinski definition) is 4. The molecule has 3 aromatic rings. The van der Waals surface area contributed by atoms with Crippen LogP contribution in [0.15, 0.2) is 76.8 Å². The molecule has 214 valence electrons. The van der Waals surface area contributed by atoms with E-state index >= 15 is 0 Å². The molecule has 4 amide bonds. The summed E-state index contributed by atoms with van der Waals surface area (Å²) in [6.07, 6.45) is 9.34. The van der Waals surface area contributed by atoms with Gasteiger partial charge < -0.3 is 4.74 Å². The van der Waals surface area contributed by atoms with Crippen LogP contribution in [0.2, 0.25) is 0 Å². The van der Waals surface area contributed by atoms with Gasteiger partial charge in [0.1, 0.15) is 17.9 Å². The van der Waals surface area contributed by atoms with Gasteiger partial charge in [0.25, 0.3) is 11.8 Å². The van der Waals surface area contributed by atoms with Crippen LogP contribution in [0.25, 0.3) is 6.08 Å². The maximum atomic E-state index is 13.7. The highest BCUT2D eigenvalue weighted by molar-refractivity contribution is 9.10. The molecule has 0 aromatic heterocycles. The van der Waals surface area contributed by atoms with Gasteiger partial charge in [0, 0.05) is 10.0 Å². The lowest BCUT2D eigenvalue weighted by molar-refractivity contribution is -0.122. The van der Waals surface area contributed by atoms with E-state index in [1.165, 1.54) is 50.2 Å². The molecule has 42 heavy (non-hydrogen) atoms. The Kier molecular flexibility index (Phi) is 6.81. The smallest absolute Gasteiger partial charge is 0.335 e. The van der Waals surface area contributed by atoms with Gasteiger partial charge >= 0.3 is 6.03 Å². The highest BCUT2D eigenvalue weighted by atomic mass is 79.9. The molecule has 1 heterocycles. The number of anilines is 1. The number of barbiturate groups is 1. The molecule has 8 rings (SSSR count). The summed E-state index contributed by atoms with van der Waals surface area (Å²) in [6.45, 7) is 2.36. The van der Waals surface area contributed by atoms with E-state index in [0.29, 0.717) is 23.6 Å². The maximum absolute atomic E-state index is 13.7. The predicted octanol–water partition coefficient (Wildman–Crippen LogP) is 7.47. The highest BCUT2D eigenvalue weighted by Gasteiger charge is 2.51. The van der Waals surface area contributed by atoms with Gasteiger partial charge in [-0.25, -0.2) is 9.69 Å². The van der Waals surface area contributed by atoms with Crippen molar-refractivity contribution >= 4 is 45.5 Å². The number of aryl methyl sites for hydroxylation is 1. The standard InChI is InChI=1S/C35H33BrN2O4/c1-21-2-4-22(5-3-21)20-42-31-11-8-28(36)15-26(31)16-30-32(39)37-34(41)38(33(30)40)29-9-6-27(7-10-29)35-17-23-12-24(18-35)14-25(13-23)19-35/h2-11,15-16,23-25H,12-14,17-20H2,1H3,(H,37,39,41)/b30-16+. The van der Waals surface area contributed by atoms with Crippen molar-refractivity contribution in [2.75, 3.05) is 4.90 Å². The summed E-state index contributed by atoms with van der Waals surface area (Å²) in [5.41, 5.74) is 4.58. The van der Waals surface area contributed by atoms with Crippen molar-refractivity contribution in [3.05, 3.63) is 99.0 Å². The second-order valence-electron chi connectivity index (χ2n) is 12.7. The number of carbonyl (C=O) groups excluding carboxylic acids is 3. The molecule has 0 radical (unpaired) electrons. The molecule has 5 aliphatic rings. The van der Waals surface area contributed by atoms with Crippen molar-refractivity contribution in [2.45, 2.75) is 57.5 Å². The minimum absolute atomic E-state index is 0.127. The monoisotopic (exact) mass is 624 g/mol. The Morgan fingerprint density at radius 2 is 1.55 bits per heavy atom. The third kappa shape index (κ3) is 4.98. The van der Waals surface area contributed by atoms with E-state index in [2.05, 4.69) is 33.4 Å². The summed E-state index contributed by atoms with van der Waals surface area (Å²) in [5, 5.41) is 2.36. The molecule has 4 bridgehead atoms. The fourth-order valence-electron chi connectivity index (χ4n) is 8.08. The Labute approximate surface area is 254 Å². The van der Waals surface area contributed by atoms with Gasteiger partial charge in [0.05, 0.1) is 5.69 Å². The van der Waals surface area contributed by atoms with Crippen LogP contribution in [-0.2, 0) is 21.6 Å². The molecular weight excluding hydrogens is 592 g/mol. The fourth-order valence-corrected chi connectivity index (χ4v) is 8.46. The Balaban J connectivity index is 1.15. The van der Waals surface area contributed by atoms with E-state index < -0.39 is 17.8 Å². The zero-order valence-corrected chi connectivity index (χ0v) is 25.2. The van der Waals surface area contributed by atoms with E-state index in [-0.39, 0.29) is 11.0 Å². The normalized spacial score (nSPS) is 27.5. The summed E-state index contributed by atoms with van der Waals surface area (Å²) < 4.78 is 6.86. The van der Waals surface area contributed by atoms with Crippen molar-refractivity contribution in [2.24, 2.45) is 17.8 Å². The van der Waals surface area contributed by atoms with E-state index in [9.17, 15) is 14.4 Å². The van der Waals surface area contributed by atoms with Crippen LogP contribution < -0.4 is 15.0 Å². The molecule has 0 spiro atoms. The van der Waals surface area contributed by atoms with Gasteiger partial charge in [-0.15, -0.1) is 0 Å². The Morgan fingerprint density at radius 3 is 2.19 bits per heavy atom. The lowest BCUT2D eigenvalue weighted by Gasteiger charge is -2.57. The van der Waals surface area contributed by atoms with Crippen LogP contribution >= 0.6 is 15.9 Å². The number of ether oxygens (including phenoxy) is 1. The molecule has 7 heteroatoms. The Hall–Kier alpha value is -3.71. The van der Waals surface area contributed by atoms with Crippen LogP contribution in [0.1, 0.15) is 60.8 Å². The van der Waals surface area contributed by atoms with Gasteiger partial charge in [0.2, 0.25) is 0 Å². The molecule has 0 atom stereocenters. The Bertz CT molecular complexity index is 1570. The number of amides is 4. The molecule has 0 unspecified atom stereocenters. The SMILES string of the molecule is Cc1ccc(COc2ccc(Br)cc2/C=C2\C(=O)NC(=O)N(c3ccc(C45CC6CC(CC(C6)C4)C5)cc3)C2=O)cc1. The largest absolute Gasteiger partial charge is 0.488 e. The average molecular weight is 626 g/mol. The van der Waals surface area contributed by atoms with Crippen molar-refractivity contribution in [1.82, 2.24) is 5.32 Å². The van der Waals surface area contributed by atoms with Crippen molar-refractivity contribution < 1.29 is 19.1 Å². The third-order valence-electron chi connectivity index (χ3n) is 9.66. The molecule has 4 aliphatic carbocycles. The topological polar surface area (TPSA) is 75.7 Å². The number of benzene rings is 3. The van der Waals surface area contributed by atoms with Crippen molar-refractivity contribution in [3.8, 4) is 5.75 Å². The first kappa shape index (κ1) is 27.1. The first-order valence-electron chi connectivity index (χ1n) is 14.8. The van der Waals surface area contributed by atoms with Crippen LogP contribution in [0, 0.1) is 24.7 Å². The number of urea groups is 1. The molecule has 4 saturated carbocycles. The minimum atomic E-state index is -0.741. The molecular formula is C35H33BrN2O4. The molecule has 1 N–H and O–H groups in total. The van der Waals surface area contributed by atoms with Crippen LogP contribution in [0.5, 0.6) is 5.75 Å². The molecule has 6 nitrogen and oxygen atoms in total. The summed E-state index contributed by atoms with van der Waals surface area (Å²) in [4.78, 5) is 40.6. The van der Waals surface area contributed by atoms with Gasteiger partial charge in [-0.2, -0.15) is 0 Å². The summed E-state index contributed by atoms with van der Waals surface area (Å²) in [6, 6.07) is 20.6. The molecule has 5 fully saturated rings. The van der Waals surface area contributed by atoms with E-state index in [4.69, 9.17) is 4.74 Å². The number of rotatable bonds is 6. The lowest BCUT2D eigenvalue weighted by atomic mass is 9.48. The summed E-state index contributed by atoms with van der Waals surface area (Å²) >= 11 is 3.48. The zero-order valence-electron chi connectivity index (χ0n) is 23.6. The summed E-state index contributed by atoms with van der Waals surface area (Å²) in [7, 11) is 0. The number of nitrogens with zero attached hydrogens (tertiary/aromatic N) is 1. The quantitative estimate of drug-likeness (QED) is 0.228. The van der Waals surface area contributed by atoms with Crippen LogP contribution in [0.3, 0.4) is 0 Å². The van der Waals surface area contributed by atoms with Crippen molar-refractivity contribution in [3.63, 3.8) is 0 Å². The van der Waals surface area contributed by atoms with Crippen LogP contribution in [0.4, 0.5) is 10.5 Å². The Morgan fingerprint density at radius 1 is 0.905 bits per heavy atom. The summed E-state index contributed by atoms with van der Waals surface area (Å²) in [5.74, 6) is 1.62. The van der Waals surface area contributed by atoms with E-state index in [0.717, 1.165) is 38.3 Å². The molecule has 1 saturated heterocycles. The van der Waals surface area contributed by atoms with Gasteiger partial charge in [-0.05, 0) is 116 Å². The second kappa shape index (κ2) is 10.5. The number of halogens is 1. The molecule has 3 aromatic carbocycles. The number of nitrogens with one attached hydrogen (secondary N) is 1. The van der Waals surface area contributed by atoms with Gasteiger partial charge in [-0.1, -0.05) is 57.9 Å². The number of imide groups is 2. The highest BCUT2D eigenvalue weighted by Crippen LogP contribution is 2.60. The number of carbonyl (C=O) groups is 3. The van der Waals surface area contributed by atoms with Gasteiger partial charge in [0.15, 0.2) is 0 Å². The fraction of sp³-hybridized carbons (Fsp3) is 0.343. The van der Waals surface area contributed by atoms with Gasteiger partial charge in [-0.3, -0.25) is 14.9 Å². The minimum Gasteiger partial charge on any atom is -0.488 e. The maximum Gasteiger partial charge on any atom is 0.335 e. The lowest BCUT2D eigenvalue weighted by Crippen LogP contribution is -2.54.